The first-order valence-electron chi connectivity index (χ1n) is 6.58. The van der Waals surface area contributed by atoms with Crippen molar-refractivity contribution in [1.29, 1.82) is 0 Å². The molecule has 2 rings (SSSR count). The molecule has 0 aliphatic heterocycles. The van der Waals surface area contributed by atoms with Gasteiger partial charge in [-0.1, -0.05) is 32.0 Å². The third-order valence-corrected chi connectivity index (χ3v) is 3.90. The Morgan fingerprint density at radius 1 is 1.11 bits per heavy atom. The maximum absolute atomic E-state index is 4.29. The summed E-state index contributed by atoms with van der Waals surface area (Å²) in [5.74, 6) is 1.08. The van der Waals surface area contributed by atoms with Crippen molar-refractivity contribution in [2.24, 2.45) is 0 Å². The van der Waals surface area contributed by atoms with Crippen LogP contribution in [0.15, 0.2) is 48.7 Å². The number of hydrogen-bond acceptors (Lipinski definition) is 3. The molecular formula is C16H20N2S. The van der Waals surface area contributed by atoms with Crippen LogP contribution in [-0.2, 0) is 12.3 Å². The van der Waals surface area contributed by atoms with Gasteiger partial charge in [0.15, 0.2) is 0 Å². The van der Waals surface area contributed by atoms with Gasteiger partial charge in [-0.25, -0.2) is 0 Å². The van der Waals surface area contributed by atoms with Crippen LogP contribution in [0.4, 0.5) is 5.69 Å². The predicted octanol–water partition coefficient (Wildman–Crippen LogP) is 4.34. The number of benzene rings is 1. The summed E-state index contributed by atoms with van der Waals surface area (Å²) < 4.78 is 0. The minimum Gasteiger partial charge on any atom is -0.379 e. The average molecular weight is 272 g/mol. The predicted molar refractivity (Wildman–Crippen MR) is 84.4 cm³/mol. The molecule has 3 heteroatoms. The largest absolute Gasteiger partial charge is 0.379 e. The molecule has 0 atom stereocenters. The summed E-state index contributed by atoms with van der Waals surface area (Å²) in [4.78, 5) is 4.29. The molecule has 0 aliphatic carbocycles. The zero-order valence-electron chi connectivity index (χ0n) is 11.5. The second-order valence-electron chi connectivity index (χ2n) is 4.73. The number of nitrogens with zero attached hydrogens (tertiary/aromatic N) is 1. The van der Waals surface area contributed by atoms with Gasteiger partial charge in [-0.05, 0) is 35.1 Å². The van der Waals surface area contributed by atoms with E-state index in [2.05, 4.69) is 48.4 Å². The highest BCUT2D eigenvalue weighted by atomic mass is 32.2. The zero-order valence-corrected chi connectivity index (χ0v) is 12.3. The van der Waals surface area contributed by atoms with Crippen molar-refractivity contribution in [3.63, 3.8) is 0 Å². The molecule has 0 radical (unpaired) electrons. The van der Waals surface area contributed by atoms with Crippen LogP contribution in [0, 0.1) is 0 Å². The first kappa shape index (κ1) is 13.9. The molecule has 2 aromatic rings. The SMILES string of the molecule is CC(C)SCc1ccc(NCc2ccccn2)cc1. The summed E-state index contributed by atoms with van der Waals surface area (Å²) in [7, 11) is 0. The zero-order chi connectivity index (χ0) is 13.5. The van der Waals surface area contributed by atoms with Crippen LogP contribution in [0.3, 0.4) is 0 Å². The summed E-state index contributed by atoms with van der Waals surface area (Å²) in [5, 5.41) is 4.07. The Kier molecular flexibility index (Phi) is 5.28. The Labute approximate surface area is 119 Å². The minimum atomic E-state index is 0.682. The summed E-state index contributed by atoms with van der Waals surface area (Å²) in [6.45, 7) is 5.22. The second kappa shape index (κ2) is 7.19. The lowest BCUT2D eigenvalue weighted by Crippen LogP contribution is -2.01. The molecule has 100 valence electrons. The minimum absolute atomic E-state index is 0.682. The molecule has 0 spiro atoms. The van der Waals surface area contributed by atoms with Crippen LogP contribution in [0.1, 0.15) is 25.1 Å². The number of hydrogen-bond donors (Lipinski definition) is 1. The van der Waals surface area contributed by atoms with E-state index in [1.807, 2.05) is 36.2 Å². The monoisotopic (exact) mass is 272 g/mol. The van der Waals surface area contributed by atoms with Crippen molar-refractivity contribution in [1.82, 2.24) is 4.98 Å². The van der Waals surface area contributed by atoms with E-state index >= 15 is 0 Å². The van der Waals surface area contributed by atoms with Crippen molar-refractivity contribution < 1.29 is 0 Å². The van der Waals surface area contributed by atoms with E-state index in [0.29, 0.717) is 5.25 Å². The number of anilines is 1. The lowest BCUT2D eigenvalue weighted by atomic mass is 10.2. The Morgan fingerprint density at radius 3 is 2.53 bits per heavy atom. The maximum atomic E-state index is 4.29. The topological polar surface area (TPSA) is 24.9 Å². The second-order valence-corrected chi connectivity index (χ2v) is 6.30. The Hall–Kier alpha value is -1.48. The number of nitrogens with one attached hydrogen (secondary N) is 1. The van der Waals surface area contributed by atoms with Crippen LogP contribution in [0.25, 0.3) is 0 Å². The molecule has 0 amide bonds. The van der Waals surface area contributed by atoms with Gasteiger partial charge in [-0.15, -0.1) is 0 Å². The average Bonchev–Trinajstić information content (AvgIpc) is 2.45. The molecule has 2 nitrogen and oxygen atoms in total. The van der Waals surface area contributed by atoms with E-state index in [0.717, 1.165) is 23.7 Å². The number of rotatable bonds is 6. The van der Waals surface area contributed by atoms with E-state index in [4.69, 9.17) is 0 Å². The van der Waals surface area contributed by atoms with E-state index < -0.39 is 0 Å². The van der Waals surface area contributed by atoms with Gasteiger partial charge in [0.25, 0.3) is 0 Å². The van der Waals surface area contributed by atoms with Gasteiger partial charge in [-0.3, -0.25) is 4.98 Å². The fourth-order valence-electron chi connectivity index (χ4n) is 1.68. The highest BCUT2D eigenvalue weighted by Crippen LogP contribution is 2.18. The Balaban J connectivity index is 1.85. The van der Waals surface area contributed by atoms with Crippen LogP contribution < -0.4 is 5.32 Å². The van der Waals surface area contributed by atoms with Gasteiger partial charge in [0.05, 0.1) is 12.2 Å². The first-order chi connectivity index (χ1) is 9.24. The van der Waals surface area contributed by atoms with Gasteiger partial charge in [0.1, 0.15) is 0 Å². The molecule has 0 bridgehead atoms. The van der Waals surface area contributed by atoms with Crippen molar-refractivity contribution in [3.05, 3.63) is 59.9 Å². The third-order valence-electron chi connectivity index (χ3n) is 2.74. The Morgan fingerprint density at radius 2 is 1.89 bits per heavy atom. The summed E-state index contributed by atoms with van der Waals surface area (Å²) >= 11 is 1.97. The van der Waals surface area contributed by atoms with Gasteiger partial charge >= 0.3 is 0 Å². The normalized spacial score (nSPS) is 10.7. The van der Waals surface area contributed by atoms with Crippen molar-refractivity contribution in [2.45, 2.75) is 31.4 Å². The summed E-state index contributed by atoms with van der Waals surface area (Å²) in [5.41, 5.74) is 3.58. The molecule has 0 saturated carbocycles. The van der Waals surface area contributed by atoms with Crippen LogP contribution >= 0.6 is 11.8 Å². The standard InChI is InChI=1S/C16H20N2S/c1-13(2)19-12-14-6-8-15(9-7-14)18-11-16-5-3-4-10-17-16/h3-10,13,18H,11-12H2,1-2H3. The molecule has 1 aromatic carbocycles. The van der Waals surface area contributed by atoms with Gasteiger partial charge in [-0.2, -0.15) is 11.8 Å². The number of thioether (sulfide) groups is 1. The maximum Gasteiger partial charge on any atom is 0.0594 e. The van der Waals surface area contributed by atoms with Gasteiger partial charge < -0.3 is 5.32 Å². The lowest BCUT2D eigenvalue weighted by Gasteiger charge is -2.08. The molecule has 0 saturated heterocycles. The van der Waals surface area contributed by atoms with Gasteiger partial charge in [0, 0.05) is 17.6 Å². The fourth-order valence-corrected chi connectivity index (χ4v) is 2.40. The molecule has 0 aliphatic rings. The fraction of sp³-hybridized carbons (Fsp3) is 0.312. The summed E-state index contributed by atoms with van der Waals surface area (Å²) in [6.07, 6.45) is 1.82. The van der Waals surface area contributed by atoms with Crippen LogP contribution in [0.5, 0.6) is 0 Å². The molecule has 19 heavy (non-hydrogen) atoms. The van der Waals surface area contributed by atoms with Crippen LogP contribution in [-0.4, -0.2) is 10.2 Å². The Bertz CT molecular complexity index is 480. The number of aromatic nitrogens is 1. The highest BCUT2D eigenvalue weighted by Gasteiger charge is 1.98. The van der Waals surface area contributed by atoms with Gasteiger partial charge in [0.2, 0.25) is 0 Å². The van der Waals surface area contributed by atoms with Crippen LogP contribution in [0.2, 0.25) is 0 Å². The van der Waals surface area contributed by atoms with E-state index in [1.165, 1.54) is 5.56 Å². The number of pyridine rings is 1. The molecule has 0 unspecified atom stereocenters. The lowest BCUT2D eigenvalue weighted by molar-refractivity contribution is 1.05. The van der Waals surface area contributed by atoms with E-state index in [9.17, 15) is 0 Å². The molecule has 1 aromatic heterocycles. The van der Waals surface area contributed by atoms with Crippen molar-refractivity contribution in [3.8, 4) is 0 Å². The third kappa shape index (κ3) is 4.95. The first-order valence-corrected chi connectivity index (χ1v) is 7.63. The summed E-state index contributed by atoms with van der Waals surface area (Å²) in [6, 6.07) is 14.6. The molecule has 0 fully saturated rings. The molecular weight excluding hydrogens is 252 g/mol. The smallest absolute Gasteiger partial charge is 0.0594 e. The van der Waals surface area contributed by atoms with Crippen molar-refractivity contribution >= 4 is 17.4 Å². The molecule has 1 heterocycles. The molecule has 1 N–H and O–H groups in total. The van der Waals surface area contributed by atoms with E-state index in [-0.39, 0.29) is 0 Å². The van der Waals surface area contributed by atoms with E-state index in [1.54, 1.807) is 0 Å². The highest BCUT2D eigenvalue weighted by molar-refractivity contribution is 7.99. The van der Waals surface area contributed by atoms with Crippen molar-refractivity contribution in [2.75, 3.05) is 5.32 Å². The quantitative estimate of drug-likeness (QED) is 0.847.